The maximum atomic E-state index is 13.1. The van der Waals surface area contributed by atoms with Crippen LogP contribution in [0.1, 0.15) is 36.6 Å². The molecule has 140 valence electrons. The average molecular weight is 370 g/mol. The number of nitrogens with zero attached hydrogens (tertiary/aromatic N) is 4. The zero-order valence-electron chi connectivity index (χ0n) is 16.0. The summed E-state index contributed by atoms with van der Waals surface area (Å²) in [6.45, 7) is 4.21. The van der Waals surface area contributed by atoms with Crippen LogP contribution in [-0.2, 0) is 6.42 Å². The predicted octanol–water partition coefficient (Wildman–Crippen LogP) is 4.98. The quantitative estimate of drug-likeness (QED) is 0.509. The molecule has 28 heavy (non-hydrogen) atoms. The zero-order valence-corrected chi connectivity index (χ0v) is 16.0. The average Bonchev–Trinajstić information content (AvgIpc) is 3.37. The molecule has 4 rings (SSSR count). The maximum absolute atomic E-state index is 13.1. The van der Waals surface area contributed by atoms with Crippen molar-refractivity contribution in [1.82, 2.24) is 19.6 Å². The molecule has 0 unspecified atom stereocenters. The van der Waals surface area contributed by atoms with Crippen LogP contribution in [0.15, 0.2) is 79.1 Å². The largest absolute Gasteiger partial charge is 0.369 e. The van der Waals surface area contributed by atoms with E-state index in [4.69, 9.17) is 5.10 Å². The van der Waals surface area contributed by atoms with Crippen LogP contribution in [0.2, 0.25) is 0 Å². The molecule has 2 heterocycles. The van der Waals surface area contributed by atoms with E-state index in [1.54, 1.807) is 18.5 Å². The molecule has 0 saturated heterocycles. The molecule has 4 aromatic rings. The fourth-order valence-electron chi connectivity index (χ4n) is 3.42. The highest BCUT2D eigenvalue weighted by Gasteiger charge is 2.25. The van der Waals surface area contributed by atoms with Crippen molar-refractivity contribution in [3.05, 3.63) is 95.9 Å². The summed E-state index contributed by atoms with van der Waals surface area (Å²) >= 11 is 0. The van der Waals surface area contributed by atoms with E-state index in [1.165, 1.54) is 14.9 Å². The van der Waals surface area contributed by atoms with E-state index in [-0.39, 0.29) is 11.9 Å². The SMILES string of the molecule is CC(C)c1nn(C(=O)n2cccn2)c(-c2ccccc2)c1Cc1ccccc1. The van der Waals surface area contributed by atoms with Gasteiger partial charge in [0, 0.05) is 29.9 Å². The van der Waals surface area contributed by atoms with Gasteiger partial charge in [-0.1, -0.05) is 74.5 Å². The van der Waals surface area contributed by atoms with Crippen molar-refractivity contribution in [2.75, 3.05) is 0 Å². The van der Waals surface area contributed by atoms with Gasteiger partial charge in [0.05, 0.1) is 11.4 Å². The Bertz CT molecular complexity index is 1060. The van der Waals surface area contributed by atoms with Gasteiger partial charge < -0.3 is 0 Å². The monoisotopic (exact) mass is 370 g/mol. The number of hydrogen-bond acceptors (Lipinski definition) is 3. The zero-order chi connectivity index (χ0) is 19.5. The Morgan fingerprint density at radius 2 is 1.64 bits per heavy atom. The number of hydrogen-bond donors (Lipinski definition) is 0. The second kappa shape index (κ2) is 7.64. The first-order valence-electron chi connectivity index (χ1n) is 9.40. The van der Waals surface area contributed by atoms with Crippen molar-refractivity contribution in [2.24, 2.45) is 0 Å². The summed E-state index contributed by atoms with van der Waals surface area (Å²) in [4.78, 5) is 13.1. The Morgan fingerprint density at radius 1 is 0.964 bits per heavy atom. The second-order valence-corrected chi connectivity index (χ2v) is 7.04. The third-order valence-electron chi connectivity index (χ3n) is 4.71. The van der Waals surface area contributed by atoms with Gasteiger partial charge in [-0.3, -0.25) is 0 Å². The molecular formula is C23H22N4O. The lowest BCUT2D eigenvalue weighted by atomic mass is 9.95. The molecule has 0 N–H and O–H groups in total. The standard InChI is InChI=1S/C23H22N4O/c1-17(2)21-20(16-18-10-5-3-6-11-18)22(19-12-7-4-8-13-19)27(25-21)23(28)26-15-9-14-24-26/h3-15,17H,16H2,1-2H3. The minimum absolute atomic E-state index is 0.188. The van der Waals surface area contributed by atoms with Crippen molar-refractivity contribution in [2.45, 2.75) is 26.2 Å². The van der Waals surface area contributed by atoms with Gasteiger partial charge >= 0.3 is 6.03 Å². The molecule has 5 heteroatoms. The lowest BCUT2D eigenvalue weighted by molar-refractivity contribution is 0.238. The first-order chi connectivity index (χ1) is 13.6. The molecular weight excluding hydrogens is 348 g/mol. The number of aromatic nitrogens is 4. The molecule has 0 atom stereocenters. The fourth-order valence-corrected chi connectivity index (χ4v) is 3.42. The Hall–Kier alpha value is -3.47. The van der Waals surface area contributed by atoms with E-state index in [0.29, 0.717) is 6.42 Å². The third kappa shape index (κ3) is 3.39. The topological polar surface area (TPSA) is 52.7 Å². The van der Waals surface area contributed by atoms with Crippen LogP contribution in [0.25, 0.3) is 11.3 Å². The number of carbonyl (C=O) groups excluding carboxylic acids is 1. The van der Waals surface area contributed by atoms with Crippen molar-refractivity contribution < 1.29 is 4.79 Å². The number of rotatable bonds is 4. The lowest BCUT2D eigenvalue weighted by Crippen LogP contribution is -2.22. The highest BCUT2D eigenvalue weighted by atomic mass is 16.2. The van der Waals surface area contributed by atoms with Gasteiger partial charge in [0.15, 0.2) is 0 Å². The number of carbonyl (C=O) groups is 1. The van der Waals surface area contributed by atoms with Gasteiger partial charge in [-0.2, -0.15) is 19.6 Å². The molecule has 5 nitrogen and oxygen atoms in total. The first-order valence-corrected chi connectivity index (χ1v) is 9.40. The van der Waals surface area contributed by atoms with Crippen LogP contribution in [0.4, 0.5) is 4.79 Å². The van der Waals surface area contributed by atoms with Gasteiger partial charge in [-0.25, -0.2) is 4.79 Å². The van der Waals surface area contributed by atoms with E-state index in [9.17, 15) is 4.79 Å². The van der Waals surface area contributed by atoms with Gasteiger partial charge in [0.25, 0.3) is 0 Å². The van der Waals surface area contributed by atoms with Gasteiger partial charge in [0.2, 0.25) is 0 Å². The normalized spacial score (nSPS) is 11.1. The van der Waals surface area contributed by atoms with E-state index in [0.717, 1.165) is 22.5 Å². The van der Waals surface area contributed by atoms with Crippen LogP contribution in [0.5, 0.6) is 0 Å². The molecule has 0 fully saturated rings. The Kier molecular flexibility index (Phi) is 4.89. The summed E-state index contributed by atoms with van der Waals surface area (Å²) in [5.74, 6) is 0.188. The molecule has 2 aromatic heterocycles. The molecule has 0 aliphatic rings. The molecule has 0 saturated carbocycles. The highest BCUT2D eigenvalue weighted by Crippen LogP contribution is 2.32. The van der Waals surface area contributed by atoms with Gasteiger partial charge in [0.1, 0.15) is 0 Å². The maximum Gasteiger partial charge on any atom is 0.369 e. The predicted molar refractivity (Wildman–Crippen MR) is 109 cm³/mol. The summed E-state index contributed by atoms with van der Waals surface area (Å²) in [6, 6.07) is 21.7. The Labute approximate surface area is 164 Å². The van der Waals surface area contributed by atoms with E-state index >= 15 is 0 Å². The van der Waals surface area contributed by atoms with Gasteiger partial charge in [-0.15, -0.1) is 0 Å². The van der Waals surface area contributed by atoms with Crippen LogP contribution < -0.4 is 0 Å². The minimum atomic E-state index is -0.287. The second-order valence-electron chi connectivity index (χ2n) is 7.04. The number of benzene rings is 2. The van der Waals surface area contributed by atoms with Crippen LogP contribution in [-0.4, -0.2) is 25.6 Å². The molecule has 0 aliphatic carbocycles. The molecule has 0 aliphatic heterocycles. The summed E-state index contributed by atoms with van der Waals surface area (Å²) < 4.78 is 2.81. The van der Waals surface area contributed by atoms with E-state index in [2.05, 4.69) is 31.1 Å². The van der Waals surface area contributed by atoms with Crippen molar-refractivity contribution >= 4 is 6.03 Å². The highest BCUT2D eigenvalue weighted by molar-refractivity contribution is 5.84. The minimum Gasteiger partial charge on any atom is -0.244 e. The van der Waals surface area contributed by atoms with Crippen molar-refractivity contribution in [3.63, 3.8) is 0 Å². The molecule has 2 aromatic carbocycles. The summed E-state index contributed by atoms with van der Waals surface area (Å²) in [5.41, 5.74) is 4.99. The Balaban J connectivity index is 1.93. The van der Waals surface area contributed by atoms with Crippen molar-refractivity contribution in [3.8, 4) is 11.3 Å². The van der Waals surface area contributed by atoms with E-state index in [1.807, 2.05) is 48.5 Å². The molecule has 0 radical (unpaired) electrons. The summed E-state index contributed by atoms with van der Waals surface area (Å²) in [7, 11) is 0. The summed E-state index contributed by atoms with van der Waals surface area (Å²) in [6.07, 6.45) is 3.95. The fraction of sp³-hybridized carbons (Fsp3) is 0.174. The Morgan fingerprint density at radius 3 is 2.25 bits per heavy atom. The summed E-state index contributed by atoms with van der Waals surface area (Å²) in [5, 5.41) is 8.85. The van der Waals surface area contributed by atoms with E-state index < -0.39 is 0 Å². The van der Waals surface area contributed by atoms with Crippen LogP contribution in [0.3, 0.4) is 0 Å². The first kappa shape index (κ1) is 17.9. The van der Waals surface area contributed by atoms with Crippen LogP contribution in [0, 0.1) is 0 Å². The molecule has 0 bridgehead atoms. The van der Waals surface area contributed by atoms with Crippen molar-refractivity contribution in [1.29, 1.82) is 0 Å². The lowest BCUT2D eigenvalue weighted by Gasteiger charge is -2.10. The van der Waals surface area contributed by atoms with Crippen LogP contribution >= 0.6 is 0 Å². The molecule has 0 spiro atoms. The molecule has 0 amide bonds. The van der Waals surface area contributed by atoms with Gasteiger partial charge in [-0.05, 0) is 17.5 Å². The third-order valence-corrected chi connectivity index (χ3v) is 4.71. The smallest absolute Gasteiger partial charge is 0.244 e.